The van der Waals surface area contributed by atoms with Crippen molar-refractivity contribution in [2.45, 2.75) is 78.6 Å². The SMILES string of the molecule is CCCN1C(C)CN(c2c(O)c(=[N+]3CC(C)N(CCC)C(C)C3)c2=O)CC1C.[OH-]. The zero-order valence-corrected chi connectivity index (χ0v) is 19.1. The summed E-state index contributed by atoms with van der Waals surface area (Å²) in [5.74, 6) is 0.219. The molecule has 166 valence electrons. The van der Waals surface area contributed by atoms with Crippen LogP contribution < -0.4 is 20.3 Å². The fourth-order valence-electron chi connectivity index (χ4n) is 5.44. The van der Waals surface area contributed by atoms with Crippen LogP contribution in [0.15, 0.2) is 4.79 Å². The quantitative estimate of drug-likeness (QED) is 0.733. The molecular formula is C22H40N4O3. The lowest BCUT2D eigenvalue weighted by molar-refractivity contribution is 0.102. The molecule has 0 spiro atoms. The third-order valence-corrected chi connectivity index (χ3v) is 6.68. The van der Waals surface area contributed by atoms with Gasteiger partial charge in [-0.15, -0.1) is 0 Å². The van der Waals surface area contributed by atoms with E-state index >= 15 is 0 Å². The molecule has 0 amide bonds. The second-order valence-corrected chi connectivity index (χ2v) is 9.06. The second kappa shape index (κ2) is 9.58. The molecule has 29 heavy (non-hydrogen) atoms. The summed E-state index contributed by atoms with van der Waals surface area (Å²) < 4.78 is 2.11. The number of piperazine rings is 2. The van der Waals surface area contributed by atoms with Crippen molar-refractivity contribution < 1.29 is 10.6 Å². The molecule has 4 atom stereocenters. The molecule has 2 aliphatic heterocycles. The lowest BCUT2D eigenvalue weighted by atomic mass is 10.0. The van der Waals surface area contributed by atoms with Crippen LogP contribution in [0.5, 0.6) is 5.75 Å². The Morgan fingerprint density at radius 3 is 1.76 bits per heavy atom. The van der Waals surface area contributed by atoms with Gasteiger partial charge in [0.2, 0.25) is 5.75 Å². The third kappa shape index (κ3) is 4.37. The van der Waals surface area contributed by atoms with Gasteiger partial charge in [-0.3, -0.25) is 14.6 Å². The first-order valence-corrected chi connectivity index (χ1v) is 11.2. The fraction of sp³-hybridized carbons (Fsp3) is 0.818. The molecule has 7 heteroatoms. The molecule has 0 aliphatic carbocycles. The predicted molar refractivity (Wildman–Crippen MR) is 118 cm³/mol. The van der Waals surface area contributed by atoms with Crippen molar-refractivity contribution in [3.8, 4) is 5.75 Å². The van der Waals surface area contributed by atoms with Crippen molar-refractivity contribution in [2.24, 2.45) is 0 Å². The van der Waals surface area contributed by atoms with Crippen LogP contribution in [0.4, 0.5) is 5.69 Å². The van der Waals surface area contributed by atoms with Crippen LogP contribution in [0.2, 0.25) is 0 Å². The van der Waals surface area contributed by atoms with Gasteiger partial charge in [-0.25, -0.2) is 4.58 Å². The Morgan fingerprint density at radius 2 is 1.34 bits per heavy atom. The highest BCUT2D eigenvalue weighted by Crippen LogP contribution is 2.26. The number of anilines is 1. The first-order chi connectivity index (χ1) is 13.3. The fourth-order valence-corrected chi connectivity index (χ4v) is 5.44. The number of hydrogen-bond donors (Lipinski definition) is 1. The maximum absolute atomic E-state index is 13.0. The van der Waals surface area contributed by atoms with Crippen molar-refractivity contribution in [1.29, 1.82) is 0 Å². The maximum atomic E-state index is 13.0. The molecule has 2 aliphatic rings. The van der Waals surface area contributed by atoms with Gasteiger partial charge < -0.3 is 15.5 Å². The summed E-state index contributed by atoms with van der Waals surface area (Å²) in [6.45, 7) is 18.7. The van der Waals surface area contributed by atoms with Gasteiger partial charge in [0.25, 0.3) is 10.8 Å². The molecule has 4 unspecified atom stereocenters. The monoisotopic (exact) mass is 408 g/mol. The minimum atomic E-state index is 0. The van der Waals surface area contributed by atoms with E-state index in [0.717, 1.165) is 52.1 Å². The van der Waals surface area contributed by atoms with Crippen molar-refractivity contribution in [3.05, 3.63) is 15.6 Å². The summed E-state index contributed by atoms with van der Waals surface area (Å²) in [5.41, 5.74) is 0.574. The van der Waals surface area contributed by atoms with E-state index in [1.807, 2.05) is 0 Å². The topological polar surface area (TPSA) is 80.0 Å². The van der Waals surface area contributed by atoms with Gasteiger partial charge in [-0.05, 0) is 53.6 Å². The van der Waals surface area contributed by atoms with Crippen LogP contribution in [0.1, 0.15) is 54.4 Å². The molecule has 0 bridgehead atoms. The lowest BCUT2D eigenvalue weighted by Gasteiger charge is -2.45. The van der Waals surface area contributed by atoms with Gasteiger partial charge in [-0.2, -0.15) is 0 Å². The van der Waals surface area contributed by atoms with Crippen molar-refractivity contribution in [2.75, 3.05) is 44.2 Å². The van der Waals surface area contributed by atoms with E-state index in [1.54, 1.807) is 0 Å². The summed E-state index contributed by atoms with van der Waals surface area (Å²) in [4.78, 5) is 20.2. The predicted octanol–water partition coefficient (Wildman–Crippen LogP) is 1.04. The molecule has 0 radical (unpaired) electrons. The normalized spacial score (nSPS) is 29.3. The van der Waals surface area contributed by atoms with Crippen LogP contribution in [0, 0.1) is 0 Å². The highest BCUT2D eigenvalue weighted by atomic mass is 16.3. The van der Waals surface area contributed by atoms with Gasteiger partial charge >= 0.3 is 0 Å². The third-order valence-electron chi connectivity index (χ3n) is 6.68. The minimum Gasteiger partial charge on any atom is -0.870 e. The van der Waals surface area contributed by atoms with E-state index < -0.39 is 0 Å². The van der Waals surface area contributed by atoms with Gasteiger partial charge in [0.1, 0.15) is 5.69 Å². The molecule has 2 heterocycles. The van der Waals surface area contributed by atoms with E-state index in [-0.39, 0.29) is 16.7 Å². The van der Waals surface area contributed by atoms with Crippen molar-refractivity contribution in [1.82, 2.24) is 14.4 Å². The first kappa shape index (κ1) is 23.8. The lowest BCUT2D eigenvalue weighted by Crippen LogP contribution is -2.62. The van der Waals surface area contributed by atoms with Crippen LogP contribution in [0.25, 0.3) is 0 Å². The van der Waals surface area contributed by atoms with Crippen LogP contribution in [-0.2, 0) is 0 Å². The highest BCUT2D eigenvalue weighted by Gasteiger charge is 2.39. The molecule has 2 N–H and O–H groups in total. The molecule has 7 nitrogen and oxygen atoms in total. The molecule has 2 saturated heterocycles. The molecular weight excluding hydrogens is 368 g/mol. The summed E-state index contributed by atoms with van der Waals surface area (Å²) >= 11 is 0. The number of nitrogens with zero attached hydrogens (tertiary/aromatic N) is 4. The second-order valence-electron chi connectivity index (χ2n) is 9.06. The Hall–Kier alpha value is -1.44. The van der Waals surface area contributed by atoms with E-state index in [9.17, 15) is 9.90 Å². The molecule has 0 aromatic heterocycles. The molecule has 0 saturated carbocycles. The molecule has 2 fully saturated rings. The summed E-state index contributed by atoms with van der Waals surface area (Å²) in [6, 6.07) is 1.55. The number of aromatic hydroxyl groups is 1. The average molecular weight is 409 g/mol. The minimum absolute atomic E-state index is 0. The zero-order chi connectivity index (χ0) is 20.6. The van der Waals surface area contributed by atoms with Crippen LogP contribution in [-0.4, -0.2) is 83.8 Å². The average Bonchev–Trinajstić information content (AvgIpc) is 2.61. The Morgan fingerprint density at radius 1 is 0.897 bits per heavy atom. The standard InChI is InChI=1S/C22H38N4O2.H2O/c1-7-9-25-15(3)11-23(12-16(25)4)19-21(27)20(22(19)28)24-13-17(5)26(10-8-2)18(6)14-24;/h15-18H,7-14H2,1-6H3;1H2. The largest absolute Gasteiger partial charge is 0.870 e. The van der Waals surface area contributed by atoms with Crippen molar-refractivity contribution >= 4 is 5.69 Å². The Bertz CT molecular complexity index is 745. The zero-order valence-electron chi connectivity index (χ0n) is 19.1. The first-order valence-electron chi connectivity index (χ1n) is 11.2. The summed E-state index contributed by atoms with van der Waals surface area (Å²) in [5, 5.41) is 11.4. The Labute approximate surface area is 175 Å². The number of rotatable bonds is 5. The summed E-state index contributed by atoms with van der Waals surface area (Å²) in [6.07, 6.45) is 2.28. The van der Waals surface area contributed by atoms with Crippen LogP contribution in [0.3, 0.4) is 0 Å². The Balaban J connectivity index is 0.00000300. The summed E-state index contributed by atoms with van der Waals surface area (Å²) in [7, 11) is 0. The molecule has 3 rings (SSSR count). The van der Waals surface area contributed by atoms with E-state index in [0.29, 0.717) is 35.2 Å². The molecule has 1 aromatic carbocycles. The Kier molecular flexibility index (Phi) is 7.87. The smallest absolute Gasteiger partial charge is 0.294 e. The van der Waals surface area contributed by atoms with E-state index in [4.69, 9.17) is 0 Å². The van der Waals surface area contributed by atoms with Crippen molar-refractivity contribution in [3.63, 3.8) is 0 Å². The van der Waals surface area contributed by atoms with Gasteiger partial charge in [0.15, 0.2) is 13.1 Å². The maximum Gasteiger partial charge on any atom is 0.294 e. The van der Waals surface area contributed by atoms with E-state index in [1.165, 1.54) is 0 Å². The van der Waals surface area contributed by atoms with Gasteiger partial charge in [0.05, 0.1) is 12.1 Å². The number of hydrogen-bond acceptors (Lipinski definition) is 6. The molecule has 1 aromatic rings. The van der Waals surface area contributed by atoms with Crippen LogP contribution >= 0.6 is 0 Å². The highest BCUT2D eigenvalue weighted by molar-refractivity contribution is 5.63. The van der Waals surface area contributed by atoms with E-state index in [2.05, 4.69) is 60.8 Å². The van der Waals surface area contributed by atoms with Gasteiger partial charge in [0, 0.05) is 25.2 Å². The van der Waals surface area contributed by atoms with Gasteiger partial charge in [-0.1, -0.05) is 13.8 Å².